The fourth-order valence-corrected chi connectivity index (χ4v) is 8.38. The van der Waals surface area contributed by atoms with Crippen LogP contribution in [0.1, 0.15) is 90.0 Å². The van der Waals surface area contributed by atoms with E-state index in [2.05, 4.69) is 0 Å². The number of hydrogen-bond donors (Lipinski definition) is 0. The van der Waals surface area contributed by atoms with Crippen LogP contribution in [0.2, 0.25) is 0 Å². The molecule has 0 spiro atoms. The third kappa shape index (κ3) is 6.10. The fraction of sp³-hybridized carbons (Fsp3) is 0.708. The molecule has 0 aliphatic heterocycles. The van der Waals surface area contributed by atoms with Gasteiger partial charge in [0.1, 0.15) is 0 Å². The molecule has 0 saturated heterocycles. The first-order chi connectivity index (χ1) is 13.6. The van der Waals surface area contributed by atoms with Crippen LogP contribution >= 0.6 is 0 Å². The van der Waals surface area contributed by atoms with Gasteiger partial charge in [0, 0.05) is 0 Å². The Labute approximate surface area is 192 Å². The molecule has 1 aliphatic carbocycles. The quantitative estimate of drug-likeness (QED) is 0.473. The van der Waals surface area contributed by atoms with Crippen molar-refractivity contribution in [2.45, 2.75) is 90.0 Å². The van der Waals surface area contributed by atoms with Gasteiger partial charge in [-0.25, -0.2) is 0 Å². The Kier molecular flexibility index (Phi) is 7.90. The Morgan fingerprint density at radius 1 is 0.645 bits per heavy atom. The monoisotopic (exact) mass is 472 g/mol. The molecular weight excluding hydrogens is 432 g/mol. The standard InChI is InChI=1S/C9H13.3C5H10O2.Ti/c1-6-5-7(2)9(4)8(6)3;3*1-5(2,3)4(6)7;/h6H,1-4H3;3*1-3H3,(H,6,7);/q;;;;+3/p-3. The molecule has 0 aromatic heterocycles. The zero-order chi connectivity index (χ0) is 24.7. The van der Waals surface area contributed by atoms with Crippen molar-refractivity contribution in [2.24, 2.45) is 22.2 Å². The van der Waals surface area contributed by atoms with Crippen molar-refractivity contribution >= 4 is 17.9 Å². The van der Waals surface area contributed by atoms with E-state index < -0.39 is 51.9 Å². The molecule has 6 nitrogen and oxygen atoms in total. The summed E-state index contributed by atoms with van der Waals surface area (Å²) in [6.45, 7) is 23.3. The van der Waals surface area contributed by atoms with E-state index in [1.165, 1.54) is 0 Å². The van der Waals surface area contributed by atoms with Gasteiger partial charge in [-0.15, -0.1) is 0 Å². The predicted molar refractivity (Wildman–Crippen MR) is 117 cm³/mol. The van der Waals surface area contributed by atoms with E-state index in [1.54, 1.807) is 62.3 Å². The molecule has 0 aromatic rings. The van der Waals surface area contributed by atoms with E-state index in [-0.39, 0.29) is 5.92 Å². The van der Waals surface area contributed by atoms with Crippen LogP contribution in [0.4, 0.5) is 0 Å². The van der Waals surface area contributed by atoms with E-state index in [0.717, 1.165) is 16.7 Å². The van der Waals surface area contributed by atoms with Gasteiger partial charge in [0.15, 0.2) is 0 Å². The van der Waals surface area contributed by atoms with Crippen LogP contribution in [0.15, 0.2) is 20.6 Å². The molecule has 31 heavy (non-hydrogen) atoms. The first kappa shape index (κ1) is 27.6. The van der Waals surface area contributed by atoms with Crippen LogP contribution < -0.4 is 0 Å². The third-order valence-electron chi connectivity index (χ3n) is 5.49. The topological polar surface area (TPSA) is 78.9 Å². The van der Waals surface area contributed by atoms with E-state index >= 15 is 0 Å². The van der Waals surface area contributed by atoms with Crippen LogP contribution in [-0.2, 0) is 42.1 Å². The summed E-state index contributed by atoms with van der Waals surface area (Å²) in [6, 6.07) is 0. The first-order valence-corrected chi connectivity index (χ1v) is 13.4. The molecule has 0 N–H and O–H groups in total. The minimum atomic E-state index is -5.01. The predicted octanol–water partition coefficient (Wildman–Crippen LogP) is 5.91. The zero-order valence-electron chi connectivity index (χ0n) is 21.5. The summed E-state index contributed by atoms with van der Waals surface area (Å²) in [6.07, 6.45) is 0. The number of rotatable bonds is 4. The molecule has 7 heteroatoms. The number of hydrogen-bond acceptors (Lipinski definition) is 6. The Morgan fingerprint density at radius 3 is 1.13 bits per heavy atom. The number of allylic oxidation sites excluding steroid dienone is 4. The van der Waals surface area contributed by atoms with Gasteiger partial charge in [-0.2, -0.15) is 0 Å². The second-order valence-corrected chi connectivity index (χ2v) is 15.1. The Bertz CT molecular complexity index is 758. The van der Waals surface area contributed by atoms with Crippen LogP contribution in [0, 0.1) is 22.2 Å². The molecule has 0 amide bonds. The normalized spacial score (nSPS) is 18.3. The summed E-state index contributed by atoms with van der Waals surface area (Å²) in [7, 11) is 0. The van der Waals surface area contributed by atoms with Gasteiger partial charge >= 0.3 is 193 Å². The molecule has 1 aliphatic rings. The number of carbonyl (C=O) groups is 3. The number of carbonyl (C=O) groups excluding carboxylic acids is 3. The van der Waals surface area contributed by atoms with Crippen LogP contribution in [0.25, 0.3) is 0 Å². The molecule has 0 fully saturated rings. The molecule has 1 rings (SSSR count). The van der Waals surface area contributed by atoms with Gasteiger partial charge in [-0.3, -0.25) is 0 Å². The second-order valence-electron chi connectivity index (χ2n) is 11.5. The van der Waals surface area contributed by atoms with Crippen LogP contribution in [-0.4, -0.2) is 17.9 Å². The molecule has 0 radical (unpaired) electrons. The average molecular weight is 472 g/mol. The minimum absolute atomic E-state index is 0.173. The van der Waals surface area contributed by atoms with Crippen LogP contribution in [0.5, 0.6) is 0 Å². The third-order valence-corrected chi connectivity index (χ3v) is 9.91. The van der Waals surface area contributed by atoms with Crippen molar-refractivity contribution in [1.29, 1.82) is 0 Å². The summed E-state index contributed by atoms with van der Waals surface area (Å²) in [4.78, 5) is 39.2. The van der Waals surface area contributed by atoms with Crippen molar-refractivity contribution in [1.82, 2.24) is 0 Å². The van der Waals surface area contributed by atoms with Crippen molar-refractivity contribution in [3.63, 3.8) is 0 Å². The van der Waals surface area contributed by atoms with E-state index in [9.17, 15) is 14.4 Å². The SMILES string of the molecule is CC1=C(C)C(C)[C]([Ti]([O]C(=O)C(C)(C)C)([O]C(=O)C(C)(C)C)[O]C(=O)C(C)(C)C)=C1C. The maximum atomic E-state index is 13.1. The molecule has 0 saturated carbocycles. The van der Waals surface area contributed by atoms with Crippen LogP contribution in [0.3, 0.4) is 0 Å². The molecular formula is C24H40O6Ti. The molecule has 0 bridgehead atoms. The summed E-state index contributed by atoms with van der Waals surface area (Å²) >= 11 is -5.01. The molecule has 1 atom stereocenters. The van der Waals surface area contributed by atoms with E-state index in [4.69, 9.17) is 9.96 Å². The molecule has 176 valence electrons. The summed E-state index contributed by atoms with van der Waals surface area (Å²) in [5, 5.41) is 0. The van der Waals surface area contributed by atoms with Crippen molar-refractivity contribution < 1.29 is 42.1 Å². The van der Waals surface area contributed by atoms with Crippen molar-refractivity contribution in [3.8, 4) is 0 Å². The Balaban J connectivity index is 3.82. The summed E-state index contributed by atoms with van der Waals surface area (Å²) in [5.74, 6) is -1.87. The Hall–Kier alpha value is -1.40. The van der Waals surface area contributed by atoms with Crippen molar-refractivity contribution in [3.05, 3.63) is 20.6 Å². The van der Waals surface area contributed by atoms with Gasteiger partial charge in [-0.05, 0) is 0 Å². The zero-order valence-corrected chi connectivity index (χ0v) is 23.1. The van der Waals surface area contributed by atoms with Gasteiger partial charge in [0.2, 0.25) is 0 Å². The fourth-order valence-electron chi connectivity index (χ4n) is 2.91. The summed E-state index contributed by atoms with van der Waals surface area (Å²) in [5.41, 5.74) is 0.359. The second kappa shape index (κ2) is 8.86. The maximum absolute atomic E-state index is 13.1. The van der Waals surface area contributed by atoms with Gasteiger partial charge in [0.25, 0.3) is 0 Å². The average Bonchev–Trinajstić information content (AvgIpc) is 2.75. The molecule has 1 unspecified atom stereocenters. The van der Waals surface area contributed by atoms with E-state index in [0.29, 0.717) is 3.88 Å². The molecule has 0 heterocycles. The van der Waals surface area contributed by atoms with E-state index in [1.807, 2.05) is 27.7 Å². The van der Waals surface area contributed by atoms with Crippen molar-refractivity contribution in [2.75, 3.05) is 0 Å². The first-order valence-electron chi connectivity index (χ1n) is 10.7. The van der Waals surface area contributed by atoms with Gasteiger partial charge < -0.3 is 0 Å². The Morgan fingerprint density at radius 2 is 0.935 bits per heavy atom. The van der Waals surface area contributed by atoms with Gasteiger partial charge in [0.05, 0.1) is 0 Å². The molecule has 0 aromatic carbocycles. The van der Waals surface area contributed by atoms with Gasteiger partial charge in [-0.1, -0.05) is 0 Å². The summed E-state index contributed by atoms with van der Waals surface area (Å²) < 4.78 is 18.7.